The van der Waals surface area contributed by atoms with Gasteiger partial charge in [-0.25, -0.2) is 9.78 Å². The van der Waals surface area contributed by atoms with Crippen LogP contribution in [-0.4, -0.2) is 21.8 Å². The Kier molecular flexibility index (Phi) is 6.45. The molecule has 0 fully saturated rings. The van der Waals surface area contributed by atoms with Crippen LogP contribution in [0.2, 0.25) is 0 Å². The zero-order chi connectivity index (χ0) is 24.1. The predicted octanol–water partition coefficient (Wildman–Crippen LogP) is 4.98. The average molecular weight is 457 g/mol. The number of rotatable bonds is 7. The lowest BCUT2D eigenvalue weighted by Gasteiger charge is -2.17. The van der Waals surface area contributed by atoms with Gasteiger partial charge in [-0.05, 0) is 30.7 Å². The van der Waals surface area contributed by atoms with Crippen molar-refractivity contribution in [2.75, 3.05) is 5.32 Å². The summed E-state index contributed by atoms with van der Waals surface area (Å²) in [7, 11) is 0. The van der Waals surface area contributed by atoms with Crippen molar-refractivity contribution in [1.82, 2.24) is 4.98 Å². The molecule has 0 aliphatic heterocycles. The molecule has 0 saturated carbocycles. The van der Waals surface area contributed by atoms with E-state index in [1.807, 2.05) is 6.07 Å². The van der Waals surface area contributed by atoms with E-state index < -0.39 is 22.9 Å². The van der Waals surface area contributed by atoms with E-state index in [2.05, 4.69) is 10.3 Å². The molecule has 34 heavy (non-hydrogen) atoms. The first-order valence-corrected chi connectivity index (χ1v) is 10.3. The molecule has 170 valence electrons. The lowest BCUT2D eigenvalue weighted by Crippen LogP contribution is -2.25. The molecule has 1 atom stereocenters. The third kappa shape index (κ3) is 5.16. The van der Waals surface area contributed by atoms with E-state index in [1.165, 1.54) is 18.2 Å². The second-order valence-electron chi connectivity index (χ2n) is 7.35. The van der Waals surface area contributed by atoms with Crippen LogP contribution in [0.4, 0.5) is 11.4 Å². The van der Waals surface area contributed by atoms with Crippen molar-refractivity contribution >= 4 is 40.4 Å². The van der Waals surface area contributed by atoms with Gasteiger partial charge < -0.3 is 14.5 Å². The van der Waals surface area contributed by atoms with Gasteiger partial charge in [-0.2, -0.15) is 0 Å². The Balaban J connectivity index is 1.55. The number of fused-ring (bicyclic) bond motifs is 1. The van der Waals surface area contributed by atoms with Gasteiger partial charge in [0.25, 0.3) is 11.6 Å². The summed E-state index contributed by atoms with van der Waals surface area (Å²) < 4.78 is 10.9. The Morgan fingerprint density at radius 2 is 1.82 bits per heavy atom. The van der Waals surface area contributed by atoms with Gasteiger partial charge in [-0.1, -0.05) is 48.5 Å². The Bertz CT molecular complexity index is 1360. The summed E-state index contributed by atoms with van der Waals surface area (Å²) in [6.45, 7) is 1.70. The van der Waals surface area contributed by atoms with Crippen molar-refractivity contribution in [3.63, 3.8) is 0 Å². The van der Waals surface area contributed by atoms with Crippen LogP contribution in [0.25, 0.3) is 17.2 Å². The molecule has 4 rings (SSSR count). The minimum absolute atomic E-state index is 0.000372. The molecule has 9 heteroatoms. The number of amides is 1. The van der Waals surface area contributed by atoms with Crippen LogP contribution in [0.15, 0.2) is 83.3 Å². The largest absolute Gasteiger partial charge is 0.444 e. The molecular formula is C25H19N3O6. The van der Waals surface area contributed by atoms with Gasteiger partial charge in [0.05, 0.1) is 4.92 Å². The minimum atomic E-state index is -1.34. The minimum Gasteiger partial charge on any atom is -0.444 e. The summed E-state index contributed by atoms with van der Waals surface area (Å²) in [5.74, 6) is -1.35. The number of nitrogens with one attached hydrogen (secondary N) is 1. The number of aryl methyl sites for hydroxylation is 1. The second kappa shape index (κ2) is 9.78. The summed E-state index contributed by atoms with van der Waals surface area (Å²) in [5.41, 5.74) is 2.01. The lowest BCUT2D eigenvalue weighted by atomic mass is 10.1. The molecule has 9 nitrogen and oxygen atoms in total. The lowest BCUT2D eigenvalue weighted by molar-refractivity contribution is -0.384. The third-order valence-electron chi connectivity index (χ3n) is 4.85. The molecule has 0 radical (unpaired) electrons. The number of nitro groups is 1. The normalized spacial score (nSPS) is 11.9. The van der Waals surface area contributed by atoms with Crippen LogP contribution in [0, 0.1) is 17.0 Å². The summed E-state index contributed by atoms with van der Waals surface area (Å²) >= 11 is 0. The number of carbonyl (C=O) groups excluding carboxylic acids is 2. The molecule has 1 aromatic heterocycles. The molecule has 1 heterocycles. The molecule has 1 unspecified atom stereocenters. The van der Waals surface area contributed by atoms with Crippen LogP contribution >= 0.6 is 0 Å². The van der Waals surface area contributed by atoms with Gasteiger partial charge in [0.15, 0.2) is 5.58 Å². The van der Waals surface area contributed by atoms with E-state index in [0.717, 1.165) is 6.08 Å². The topological polar surface area (TPSA) is 125 Å². The molecule has 0 bridgehead atoms. The number of nitrogens with zero attached hydrogens (tertiary/aromatic N) is 2. The second-order valence-corrected chi connectivity index (χ2v) is 7.35. The first-order valence-electron chi connectivity index (χ1n) is 10.3. The summed E-state index contributed by atoms with van der Waals surface area (Å²) in [5, 5.41) is 13.9. The van der Waals surface area contributed by atoms with Gasteiger partial charge >= 0.3 is 5.97 Å². The van der Waals surface area contributed by atoms with E-state index in [9.17, 15) is 19.7 Å². The molecular weight excluding hydrogens is 438 g/mol. The van der Waals surface area contributed by atoms with Crippen molar-refractivity contribution in [2.24, 2.45) is 0 Å². The average Bonchev–Trinajstić information content (AvgIpc) is 3.26. The number of para-hydroxylation sites is 2. The van der Waals surface area contributed by atoms with Crippen molar-refractivity contribution in [3.05, 3.63) is 106 Å². The molecule has 0 aliphatic carbocycles. The number of anilines is 1. The van der Waals surface area contributed by atoms with Crippen molar-refractivity contribution in [2.45, 2.75) is 13.0 Å². The number of esters is 1. The Hall–Kier alpha value is -4.79. The first-order chi connectivity index (χ1) is 16.4. The van der Waals surface area contributed by atoms with Crippen LogP contribution in [0.3, 0.4) is 0 Å². The number of nitro benzene ring substituents is 1. The maximum atomic E-state index is 13.0. The number of hydrogen-bond acceptors (Lipinski definition) is 7. The number of hydrogen-bond donors (Lipinski definition) is 1. The van der Waals surface area contributed by atoms with Crippen LogP contribution in [-0.2, 0) is 14.3 Å². The highest BCUT2D eigenvalue weighted by molar-refractivity contribution is 5.99. The molecule has 1 N–H and O–H groups in total. The fourth-order valence-electron chi connectivity index (χ4n) is 3.25. The molecule has 0 spiro atoms. The Morgan fingerprint density at radius 3 is 2.56 bits per heavy atom. The SMILES string of the molecule is Cc1ccc(NC(=O)C(OC(=O)/C=C/c2nc3ccccc3o2)c2ccccc2)c([N+](=O)[O-])c1. The number of carbonyl (C=O) groups is 2. The van der Waals surface area contributed by atoms with Gasteiger partial charge in [-0.3, -0.25) is 14.9 Å². The molecule has 3 aromatic carbocycles. The van der Waals surface area contributed by atoms with Crippen molar-refractivity contribution in [1.29, 1.82) is 0 Å². The summed E-state index contributed by atoms with van der Waals surface area (Å²) in [6, 6.07) is 19.9. The van der Waals surface area contributed by atoms with E-state index in [-0.39, 0.29) is 17.3 Å². The van der Waals surface area contributed by atoms with E-state index in [0.29, 0.717) is 22.2 Å². The smallest absolute Gasteiger partial charge is 0.332 e. The van der Waals surface area contributed by atoms with Gasteiger partial charge in [0.1, 0.15) is 11.2 Å². The molecule has 4 aromatic rings. The number of benzene rings is 3. The van der Waals surface area contributed by atoms with Crippen LogP contribution in [0.1, 0.15) is 23.1 Å². The van der Waals surface area contributed by atoms with Crippen LogP contribution < -0.4 is 5.32 Å². The van der Waals surface area contributed by atoms with Gasteiger partial charge in [0, 0.05) is 23.8 Å². The number of aromatic nitrogens is 1. The molecule has 1 amide bonds. The standard InChI is InChI=1S/C25H19N3O6/c1-16-11-12-18(20(15-16)28(31)32)27-25(30)24(17-7-3-2-4-8-17)34-23(29)14-13-22-26-19-9-5-6-10-21(19)33-22/h2-15,24H,1H3,(H,27,30)/b14-13+. The fourth-order valence-corrected chi connectivity index (χ4v) is 3.25. The van der Waals surface area contributed by atoms with Crippen molar-refractivity contribution < 1.29 is 23.7 Å². The first kappa shape index (κ1) is 22.4. The zero-order valence-corrected chi connectivity index (χ0v) is 18.0. The maximum Gasteiger partial charge on any atom is 0.332 e. The van der Waals surface area contributed by atoms with Crippen LogP contribution in [0.5, 0.6) is 0 Å². The van der Waals surface area contributed by atoms with E-state index in [1.54, 1.807) is 61.5 Å². The highest BCUT2D eigenvalue weighted by atomic mass is 16.6. The predicted molar refractivity (Wildman–Crippen MR) is 125 cm³/mol. The van der Waals surface area contributed by atoms with E-state index in [4.69, 9.17) is 9.15 Å². The fraction of sp³-hybridized carbons (Fsp3) is 0.0800. The highest BCUT2D eigenvalue weighted by Gasteiger charge is 2.26. The van der Waals surface area contributed by atoms with Gasteiger partial charge in [0.2, 0.25) is 12.0 Å². The zero-order valence-electron chi connectivity index (χ0n) is 18.0. The number of oxazole rings is 1. The summed E-state index contributed by atoms with van der Waals surface area (Å²) in [4.78, 5) is 40.6. The quantitative estimate of drug-likeness (QED) is 0.180. The highest BCUT2D eigenvalue weighted by Crippen LogP contribution is 2.28. The number of ether oxygens (including phenoxy) is 1. The monoisotopic (exact) mass is 457 g/mol. The van der Waals surface area contributed by atoms with Crippen molar-refractivity contribution in [3.8, 4) is 0 Å². The summed E-state index contributed by atoms with van der Waals surface area (Å²) in [6.07, 6.45) is 1.10. The Labute approximate surface area is 193 Å². The molecule has 0 aliphatic rings. The molecule has 0 saturated heterocycles. The van der Waals surface area contributed by atoms with Gasteiger partial charge in [-0.15, -0.1) is 0 Å². The Morgan fingerprint density at radius 1 is 1.09 bits per heavy atom. The van der Waals surface area contributed by atoms with E-state index >= 15 is 0 Å². The maximum absolute atomic E-state index is 13.0. The third-order valence-corrected chi connectivity index (χ3v) is 4.85.